The zero-order valence-electron chi connectivity index (χ0n) is 13.8. The van der Waals surface area contributed by atoms with Gasteiger partial charge in [0.2, 0.25) is 0 Å². The highest BCUT2D eigenvalue weighted by atomic mass is 16.3. The molecule has 0 spiro atoms. The van der Waals surface area contributed by atoms with Crippen LogP contribution in [0, 0.1) is 0 Å². The van der Waals surface area contributed by atoms with Crippen molar-refractivity contribution in [3.63, 3.8) is 0 Å². The van der Waals surface area contributed by atoms with Crippen LogP contribution in [-0.2, 0) is 6.42 Å². The number of ketones is 1. The van der Waals surface area contributed by atoms with Gasteiger partial charge in [0.25, 0.3) is 5.91 Å². The van der Waals surface area contributed by atoms with E-state index in [9.17, 15) is 19.8 Å². The SMILES string of the molecule is O=C(Cc1cccc(O)c1)c1cccc(NC(=O)c2cccc(O)c2)c1. The summed E-state index contributed by atoms with van der Waals surface area (Å²) in [5.74, 6) is -0.377. The molecule has 3 aromatic carbocycles. The molecule has 5 nitrogen and oxygen atoms in total. The second kappa shape index (κ2) is 7.53. The summed E-state index contributed by atoms with van der Waals surface area (Å²) < 4.78 is 0. The Morgan fingerprint density at radius 3 is 2.15 bits per heavy atom. The Bertz CT molecular complexity index is 965. The number of nitrogens with one attached hydrogen (secondary N) is 1. The van der Waals surface area contributed by atoms with Gasteiger partial charge < -0.3 is 15.5 Å². The second-order valence-electron chi connectivity index (χ2n) is 5.86. The van der Waals surface area contributed by atoms with Crippen molar-refractivity contribution in [2.45, 2.75) is 6.42 Å². The van der Waals surface area contributed by atoms with E-state index in [1.54, 1.807) is 60.7 Å². The summed E-state index contributed by atoms with van der Waals surface area (Å²) in [5, 5.41) is 21.7. The van der Waals surface area contributed by atoms with E-state index in [1.165, 1.54) is 12.1 Å². The summed E-state index contributed by atoms with van der Waals surface area (Å²) in [5.41, 5.74) is 1.98. The first-order valence-electron chi connectivity index (χ1n) is 8.03. The number of benzene rings is 3. The van der Waals surface area contributed by atoms with Crippen LogP contribution in [0.15, 0.2) is 72.8 Å². The van der Waals surface area contributed by atoms with E-state index in [1.807, 2.05) is 0 Å². The average molecular weight is 347 g/mol. The molecule has 0 atom stereocenters. The molecular weight excluding hydrogens is 330 g/mol. The fourth-order valence-corrected chi connectivity index (χ4v) is 2.57. The van der Waals surface area contributed by atoms with Crippen LogP contribution in [0.5, 0.6) is 11.5 Å². The minimum atomic E-state index is -0.376. The van der Waals surface area contributed by atoms with Crippen LogP contribution in [0.1, 0.15) is 26.3 Å². The van der Waals surface area contributed by atoms with Gasteiger partial charge in [0.1, 0.15) is 11.5 Å². The van der Waals surface area contributed by atoms with Crippen LogP contribution < -0.4 is 5.32 Å². The number of hydrogen-bond acceptors (Lipinski definition) is 4. The van der Waals surface area contributed by atoms with E-state index >= 15 is 0 Å². The number of aromatic hydroxyl groups is 2. The quantitative estimate of drug-likeness (QED) is 0.613. The molecule has 3 aromatic rings. The summed E-state index contributed by atoms with van der Waals surface area (Å²) in [6.45, 7) is 0. The molecule has 0 aromatic heterocycles. The lowest BCUT2D eigenvalue weighted by atomic mass is 10.0. The maximum atomic E-state index is 12.5. The van der Waals surface area contributed by atoms with Crippen molar-refractivity contribution in [3.05, 3.63) is 89.5 Å². The van der Waals surface area contributed by atoms with Crippen molar-refractivity contribution >= 4 is 17.4 Å². The Morgan fingerprint density at radius 1 is 0.769 bits per heavy atom. The maximum Gasteiger partial charge on any atom is 0.255 e. The van der Waals surface area contributed by atoms with E-state index in [4.69, 9.17) is 0 Å². The van der Waals surface area contributed by atoms with E-state index in [2.05, 4.69) is 5.32 Å². The third-order valence-electron chi connectivity index (χ3n) is 3.83. The highest BCUT2D eigenvalue weighted by Gasteiger charge is 2.11. The molecular formula is C21H17NO4. The van der Waals surface area contributed by atoms with Crippen molar-refractivity contribution in [3.8, 4) is 11.5 Å². The van der Waals surface area contributed by atoms with E-state index in [-0.39, 0.29) is 29.6 Å². The number of hydrogen-bond donors (Lipinski definition) is 3. The summed E-state index contributed by atoms with van der Waals surface area (Å²) in [6.07, 6.45) is 0.151. The first kappa shape index (κ1) is 17.2. The lowest BCUT2D eigenvalue weighted by Gasteiger charge is -2.08. The topological polar surface area (TPSA) is 86.6 Å². The van der Waals surface area contributed by atoms with Gasteiger partial charge in [-0.15, -0.1) is 0 Å². The van der Waals surface area contributed by atoms with Gasteiger partial charge in [0.05, 0.1) is 0 Å². The molecule has 0 unspecified atom stereocenters. The van der Waals surface area contributed by atoms with Crippen LogP contribution in [0.3, 0.4) is 0 Å². The largest absolute Gasteiger partial charge is 0.508 e. The van der Waals surface area contributed by atoms with Crippen molar-refractivity contribution in [1.82, 2.24) is 0 Å². The molecule has 0 aliphatic heterocycles. The minimum absolute atomic E-state index is 0.00712. The van der Waals surface area contributed by atoms with Crippen LogP contribution >= 0.6 is 0 Å². The molecule has 26 heavy (non-hydrogen) atoms. The molecule has 0 saturated heterocycles. The molecule has 5 heteroatoms. The fourth-order valence-electron chi connectivity index (χ4n) is 2.57. The van der Waals surface area contributed by atoms with Gasteiger partial charge in [-0.05, 0) is 48.0 Å². The molecule has 3 N–H and O–H groups in total. The lowest BCUT2D eigenvalue weighted by molar-refractivity contribution is 0.0989. The van der Waals surface area contributed by atoms with Crippen molar-refractivity contribution < 1.29 is 19.8 Å². The molecule has 0 bridgehead atoms. The minimum Gasteiger partial charge on any atom is -0.508 e. The Morgan fingerprint density at radius 2 is 1.42 bits per heavy atom. The Labute approximate surface area is 150 Å². The molecule has 0 radical (unpaired) electrons. The highest BCUT2D eigenvalue weighted by molar-refractivity contribution is 6.05. The average Bonchev–Trinajstić information content (AvgIpc) is 2.62. The highest BCUT2D eigenvalue weighted by Crippen LogP contribution is 2.18. The normalized spacial score (nSPS) is 10.3. The Balaban J connectivity index is 1.73. The first-order chi connectivity index (χ1) is 12.5. The molecule has 0 saturated carbocycles. The number of carbonyl (C=O) groups is 2. The number of rotatable bonds is 5. The van der Waals surface area contributed by atoms with Gasteiger partial charge in [0.15, 0.2) is 5.78 Å². The van der Waals surface area contributed by atoms with Crippen LogP contribution in [0.25, 0.3) is 0 Å². The fraction of sp³-hybridized carbons (Fsp3) is 0.0476. The van der Waals surface area contributed by atoms with Crippen molar-refractivity contribution in [2.75, 3.05) is 5.32 Å². The molecule has 0 heterocycles. The van der Waals surface area contributed by atoms with Gasteiger partial charge >= 0.3 is 0 Å². The number of Topliss-reactive ketones (excluding diaryl/α,β-unsaturated/α-hetero) is 1. The van der Waals surface area contributed by atoms with Crippen LogP contribution in [-0.4, -0.2) is 21.9 Å². The number of amides is 1. The summed E-state index contributed by atoms with van der Waals surface area (Å²) in [4.78, 5) is 24.7. The third-order valence-corrected chi connectivity index (χ3v) is 3.83. The van der Waals surface area contributed by atoms with Crippen molar-refractivity contribution in [2.24, 2.45) is 0 Å². The molecule has 1 amide bonds. The summed E-state index contributed by atoms with van der Waals surface area (Å²) >= 11 is 0. The molecule has 3 rings (SSSR count). The van der Waals surface area contributed by atoms with Crippen molar-refractivity contribution in [1.29, 1.82) is 0 Å². The first-order valence-corrected chi connectivity index (χ1v) is 8.03. The van der Waals surface area contributed by atoms with Crippen LogP contribution in [0.2, 0.25) is 0 Å². The number of anilines is 1. The van der Waals surface area contributed by atoms with Gasteiger partial charge in [-0.3, -0.25) is 9.59 Å². The number of carbonyl (C=O) groups excluding carboxylic acids is 2. The predicted octanol–water partition coefficient (Wildman–Crippen LogP) is 3.78. The van der Waals surface area contributed by atoms with Gasteiger partial charge in [-0.2, -0.15) is 0 Å². The van der Waals surface area contributed by atoms with Gasteiger partial charge in [-0.1, -0.05) is 30.3 Å². The van der Waals surface area contributed by atoms with Crippen LogP contribution in [0.4, 0.5) is 5.69 Å². The zero-order valence-corrected chi connectivity index (χ0v) is 13.8. The maximum absolute atomic E-state index is 12.5. The monoisotopic (exact) mass is 347 g/mol. The summed E-state index contributed by atoms with van der Waals surface area (Å²) in [6, 6.07) is 19.2. The predicted molar refractivity (Wildman–Crippen MR) is 98.6 cm³/mol. The lowest BCUT2D eigenvalue weighted by Crippen LogP contribution is -2.12. The molecule has 0 aliphatic rings. The van der Waals surface area contributed by atoms with E-state index < -0.39 is 0 Å². The molecule has 0 aliphatic carbocycles. The van der Waals surface area contributed by atoms with Gasteiger partial charge in [-0.25, -0.2) is 0 Å². The van der Waals surface area contributed by atoms with E-state index in [0.29, 0.717) is 22.4 Å². The zero-order chi connectivity index (χ0) is 18.5. The Hall–Kier alpha value is -3.60. The smallest absolute Gasteiger partial charge is 0.255 e. The number of phenols is 2. The third kappa shape index (κ3) is 4.27. The molecule has 0 fully saturated rings. The summed E-state index contributed by atoms with van der Waals surface area (Å²) in [7, 11) is 0. The Kier molecular flexibility index (Phi) is 4.99. The van der Waals surface area contributed by atoms with Gasteiger partial charge in [0, 0.05) is 23.2 Å². The molecule has 130 valence electrons. The second-order valence-corrected chi connectivity index (χ2v) is 5.86. The standard InChI is InChI=1S/C21H17NO4/c23-18-8-1-4-14(10-18)11-20(25)15-5-2-7-17(12-15)22-21(26)16-6-3-9-19(24)13-16/h1-10,12-13,23-24H,11H2,(H,22,26). The van der Waals surface area contributed by atoms with E-state index in [0.717, 1.165) is 0 Å². The number of phenolic OH excluding ortho intramolecular Hbond substituents is 2.